The van der Waals surface area contributed by atoms with Crippen LogP contribution in [-0.4, -0.2) is 48.6 Å². The van der Waals surface area contributed by atoms with E-state index in [2.05, 4.69) is 24.7 Å². The lowest BCUT2D eigenvalue weighted by Gasteiger charge is -2.33. The fourth-order valence-electron chi connectivity index (χ4n) is 3.47. The number of piperidine rings is 1. The highest BCUT2D eigenvalue weighted by molar-refractivity contribution is 6.00. The monoisotopic (exact) mass is 336 g/mol. The minimum atomic E-state index is 0.0577. The summed E-state index contributed by atoms with van der Waals surface area (Å²) in [5, 5.41) is 6.74. The summed E-state index contributed by atoms with van der Waals surface area (Å²) >= 11 is 0. The van der Waals surface area contributed by atoms with Gasteiger partial charge >= 0.3 is 0 Å². The number of aromatic amines is 1. The molecule has 0 unspecified atom stereocenters. The van der Waals surface area contributed by atoms with Gasteiger partial charge in [-0.3, -0.25) is 9.89 Å². The molecule has 1 aromatic carbocycles. The van der Waals surface area contributed by atoms with Gasteiger partial charge in [0.1, 0.15) is 6.33 Å². The van der Waals surface area contributed by atoms with Gasteiger partial charge in [0.25, 0.3) is 5.91 Å². The molecule has 25 heavy (non-hydrogen) atoms. The number of hydrogen-bond acceptors (Lipinski definition) is 4. The zero-order valence-electron chi connectivity index (χ0n) is 13.9. The van der Waals surface area contributed by atoms with Gasteiger partial charge in [-0.25, -0.2) is 9.97 Å². The van der Waals surface area contributed by atoms with Crippen LogP contribution >= 0.6 is 0 Å². The van der Waals surface area contributed by atoms with E-state index in [-0.39, 0.29) is 5.91 Å². The van der Waals surface area contributed by atoms with Crippen molar-refractivity contribution in [2.24, 2.45) is 5.92 Å². The molecule has 0 aliphatic carbocycles. The zero-order valence-corrected chi connectivity index (χ0v) is 13.9. The van der Waals surface area contributed by atoms with Crippen molar-refractivity contribution in [1.29, 1.82) is 0 Å². The first-order valence-electron chi connectivity index (χ1n) is 8.51. The van der Waals surface area contributed by atoms with Crippen LogP contribution < -0.4 is 0 Å². The Morgan fingerprint density at radius 1 is 1.32 bits per heavy atom. The van der Waals surface area contributed by atoms with E-state index in [4.69, 9.17) is 0 Å². The van der Waals surface area contributed by atoms with Crippen LogP contribution in [0.1, 0.15) is 23.2 Å². The normalized spacial score (nSPS) is 17.6. The molecule has 1 fully saturated rings. The quantitative estimate of drug-likeness (QED) is 0.792. The summed E-state index contributed by atoms with van der Waals surface area (Å²) in [7, 11) is 0. The topological polar surface area (TPSA) is 79.7 Å². The van der Waals surface area contributed by atoms with Crippen LogP contribution in [-0.2, 0) is 6.54 Å². The van der Waals surface area contributed by atoms with Gasteiger partial charge in [-0.05, 0) is 24.8 Å². The zero-order chi connectivity index (χ0) is 17.1. The molecular formula is C18H20N6O. The second kappa shape index (κ2) is 6.88. The molecule has 3 heterocycles. The standard InChI is InChI=1S/C18H20N6O/c25-18(16-6-2-1-5-15(16)17-20-12-21-22-17)24-8-3-4-14(11-24)10-23-9-7-19-13-23/h1-2,5-7,9,12-14H,3-4,8,10-11H2,(H,20,21,22)/t14-/m0/s1. The number of nitrogens with zero attached hydrogens (tertiary/aromatic N) is 5. The Morgan fingerprint density at radius 3 is 3.04 bits per heavy atom. The molecule has 7 nitrogen and oxygen atoms in total. The second-order valence-electron chi connectivity index (χ2n) is 6.40. The summed E-state index contributed by atoms with van der Waals surface area (Å²) in [4.78, 5) is 23.4. The Labute approximate surface area is 145 Å². The van der Waals surface area contributed by atoms with Gasteiger partial charge in [0.05, 0.1) is 11.9 Å². The van der Waals surface area contributed by atoms with E-state index in [1.54, 1.807) is 6.20 Å². The molecule has 4 rings (SSSR count). The summed E-state index contributed by atoms with van der Waals surface area (Å²) in [6.45, 7) is 2.46. The predicted molar refractivity (Wildman–Crippen MR) is 92.7 cm³/mol. The van der Waals surface area contributed by atoms with Crippen LogP contribution in [0.15, 0.2) is 49.3 Å². The molecule has 2 aromatic heterocycles. The van der Waals surface area contributed by atoms with Gasteiger partial charge in [0.2, 0.25) is 0 Å². The molecular weight excluding hydrogens is 316 g/mol. The van der Waals surface area contributed by atoms with Crippen molar-refractivity contribution >= 4 is 5.91 Å². The first kappa shape index (κ1) is 15.6. The molecule has 0 radical (unpaired) electrons. The highest BCUT2D eigenvalue weighted by Gasteiger charge is 2.26. The van der Waals surface area contributed by atoms with Crippen molar-refractivity contribution in [3.05, 3.63) is 54.9 Å². The maximum atomic E-state index is 13.1. The molecule has 1 amide bonds. The second-order valence-corrected chi connectivity index (χ2v) is 6.40. The van der Waals surface area contributed by atoms with E-state index in [0.29, 0.717) is 17.3 Å². The van der Waals surface area contributed by atoms with Crippen molar-refractivity contribution < 1.29 is 4.79 Å². The number of nitrogens with one attached hydrogen (secondary N) is 1. The average molecular weight is 336 g/mol. The van der Waals surface area contributed by atoms with Crippen LogP contribution in [0, 0.1) is 5.92 Å². The van der Waals surface area contributed by atoms with Gasteiger partial charge in [-0.2, -0.15) is 5.10 Å². The number of hydrogen-bond donors (Lipinski definition) is 1. The van der Waals surface area contributed by atoms with Crippen molar-refractivity contribution in [1.82, 2.24) is 29.6 Å². The maximum absolute atomic E-state index is 13.1. The lowest BCUT2D eigenvalue weighted by molar-refractivity contribution is 0.0663. The van der Waals surface area contributed by atoms with Gasteiger partial charge < -0.3 is 9.47 Å². The Kier molecular flexibility index (Phi) is 4.28. The van der Waals surface area contributed by atoms with Crippen LogP contribution in [0.3, 0.4) is 0 Å². The van der Waals surface area contributed by atoms with E-state index in [0.717, 1.165) is 38.0 Å². The number of imidazole rings is 1. The Bertz CT molecular complexity index is 827. The molecule has 1 atom stereocenters. The minimum Gasteiger partial charge on any atom is -0.338 e. The van der Waals surface area contributed by atoms with Crippen LogP contribution in [0.2, 0.25) is 0 Å². The molecule has 1 N–H and O–H groups in total. The van der Waals surface area contributed by atoms with E-state index in [9.17, 15) is 4.79 Å². The number of carbonyl (C=O) groups excluding carboxylic acids is 1. The third kappa shape index (κ3) is 3.31. The molecule has 1 saturated heterocycles. The number of benzene rings is 1. The van der Waals surface area contributed by atoms with Gasteiger partial charge in [0.15, 0.2) is 5.82 Å². The number of carbonyl (C=O) groups is 1. The fraction of sp³-hybridized carbons (Fsp3) is 0.333. The first-order chi connectivity index (χ1) is 12.3. The Morgan fingerprint density at radius 2 is 2.24 bits per heavy atom. The fourth-order valence-corrected chi connectivity index (χ4v) is 3.47. The summed E-state index contributed by atoms with van der Waals surface area (Å²) in [5.74, 6) is 1.13. The van der Waals surface area contributed by atoms with Crippen molar-refractivity contribution in [3.63, 3.8) is 0 Å². The van der Waals surface area contributed by atoms with E-state index in [1.807, 2.05) is 41.7 Å². The minimum absolute atomic E-state index is 0.0577. The van der Waals surface area contributed by atoms with Crippen molar-refractivity contribution in [2.75, 3.05) is 13.1 Å². The smallest absolute Gasteiger partial charge is 0.254 e. The average Bonchev–Trinajstić information content (AvgIpc) is 3.35. The van der Waals surface area contributed by atoms with Crippen LogP contribution in [0.5, 0.6) is 0 Å². The molecule has 1 aliphatic heterocycles. The third-order valence-electron chi connectivity index (χ3n) is 4.66. The summed E-state index contributed by atoms with van der Waals surface area (Å²) in [5.41, 5.74) is 1.46. The summed E-state index contributed by atoms with van der Waals surface area (Å²) < 4.78 is 2.08. The summed E-state index contributed by atoms with van der Waals surface area (Å²) in [6.07, 6.45) is 9.21. The lowest BCUT2D eigenvalue weighted by atomic mass is 9.96. The molecule has 128 valence electrons. The Hall–Kier alpha value is -2.96. The number of aromatic nitrogens is 5. The lowest BCUT2D eigenvalue weighted by Crippen LogP contribution is -2.41. The number of H-pyrrole nitrogens is 1. The molecule has 3 aromatic rings. The van der Waals surface area contributed by atoms with Gasteiger partial charge in [-0.15, -0.1) is 0 Å². The molecule has 7 heteroatoms. The largest absolute Gasteiger partial charge is 0.338 e. The number of likely N-dealkylation sites (tertiary alicyclic amines) is 1. The van der Waals surface area contributed by atoms with E-state index < -0.39 is 0 Å². The van der Waals surface area contributed by atoms with Crippen LogP contribution in [0.4, 0.5) is 0 Å². The van der Waals surface area contributed by atoms with Gasteiger partial charge in [-0.1, -0.05) is 18.2 Å². The predicted octanol–water partition coefficient (Wildman–Crippen LogP) is 2.22. The molecule has 0 bridgehead atoms. The number of rotatable bonds is 4. The van der Waals surface area contributed by atoms with E-state index >= 15 is 0 Å². The first-order valence-corrected chi connectivity index (χ1v) is 8.51. The Balaban J connectivity index is 1.53. The van der Waals surface area contributed by atoms with Crippen LogP contribution in [0.25, 0.3) is 11.4 Å². The number of amides is 1. The molecule has 1 aliphatic rings. The maximum Gasteiger partial charge on any atom is 0.254 e. The highest BCUT2D eigenvalue weighted by atomic mass is 16.2. The summed E-state index contributed by atoms with van der Waals surface area (Å²) in [6, 6.07) is 7.56. The highest BCUT2D eigenvalue weighted by Crippen LogP contribution is 2.24. The van der Waals surface area contributed by atoms with Crippen molar-refractivity contribution in [2.45, 2.75) is 19.4 Å². The molecule has 0 saturated carbocycles. The van der Waals surface area contributed by atoms with Gasteiger partial charge in [0, 0.05) is 37.6 Å². The van der Waals surface area contributed by atoms with Crippen molar-refractivity contribution in [3.8, 4) is 11.4 Å². The SMILES string of the molecule is O=C(c1ccccc1-c1ncn[nH]1)N1CCC[C@@H](Cn2ccnc2)C1. The molecule has 0 spiro atoms. The third-order valence-corrected chi connectivity index (χ3v) is 4.66. The van der Waals surface area contributed by atoms with E-state index in [1.165, 1.54) is 6.33 Å².